The predicted octanol–water partition coefficient (Wildman–Crippen LogP) is 4.70. The Hall–Kier alpha value is -2.55. The van der Waals surface area contributed by atoms with Crippen LogP contribution in [-0.4, -0.2) is 25.9 Å². The highest BCUT2D eigenvalue weighted by atomic mass is 19.4. The van der Waals surface area contributed by atoms with Gasteiger partial charge in [-0.15, -0.1) is 0 Å². The molecule has 0 saturated carbocycles. The van der Waals surface area contributed by atoms with Crippen LogP contribution in [0.3, 0.4) is 0 Å². The maximum absolute atomic E-state index is 13.1. The van der Waals surface area contributed by atoms with Gasteiger partial charge in [-0.1, -0.05) is 42.5 Å². The van der Waals surface area contributed by atoms with Crippen molar-refractivity contribution in [3.63, 3.8) is 0 Å². The third-order valence-corrected chi connectivity index (χ3v) is 3.74. The van der Waals surface area contributed by atoms with Crippen molar-refractivity contribution < 1.29 is 40.6 Å². The van der Waals surface area contributed by atoms with Crippen LogP contribution in [0.25, 0.3) is 0 Å². The second-order valence-corrected chi connectivity index (χ2v) is 5.52. The lowest BCUT2D eigenvalue weighted by atomic mass is 9.85. The lowest BCUT2D eigenvalue weighted by molar-refractivity contribution is -0.199. The van der Waals surface area contributed by atoms with Crippen molar-refractivity contribution >= 4 is 5.97 Å². The maximum atomic E-state index is 13.1. The molecule has 27 heavy (non-hydrogen) atoms. The van der Waals surface area contributed by atoms with E-state index >= 15 is 0 Å². The molecule has 0 N–H and O–H groups in total. The fourth-order valence-electron chi connectivity index (χ4n) is 2.56. The van der Waals surface area contributed by atoms with Gasteiger partial charge in [0.1, 0.15) is 0 Å². The molecule has 0 aliphatic carbocycles. The third-order valence-electron chi connectivity index (χ3n) is 3.74. The van der Waals surface area contributed by atoms with Crippen molar-refractivity contribution in [1.82, 2.24) is 0 Å². The predicted molar refractivity (Wildman–Crippen MR) is 82.7 cm³/mol. The molecule has 9 heteroatoms. The number of ether oxygens (including phenoxy) is 2. The topological polar surface area (TPSA) is 35.5 Å². The highest BCUT2D eigenvalue weighted by Gasteiger charge is 2.46. The summed E-state index contributed by atoms with van der Waals surface area (Å²) in [6.45, 7) is -1.90. The summed E-state index contributed by atoms with van der Waals surface area (Å²) >= 11 is 0. The summed E-state index contributed by atoms with van der Waals surface area (Å²) in [5.74, 6) is -1.48. The smallest absolute Gasteiger partial charge is 0.422 e. The summed E-state index contributed by atoms with van der Waals surface area (Å²) in [5.41, 5.74) is -3.66. The minimum Gasteiger partial charge on any atom is -0.453 e. The molecule has 0 amide bonds. The lowest BCUT2D eigenvalue weighted by Crippen LogP contribution is -2.42. The van der Waals surface area contributed by atoms with Gasteiger partial charge in [0.15, 0.2) is 6.61 Å². The van der Waals surface area contributed by atoms with Crippen LogP contribution in [0.1, 0.15) is 16.7 Å². The van der Waals surface area contributed by atoms with Gasteiger partial charge >= 0.3 is 18.3 Å². The van der Waals surface area contributed by atoms with E-state index in [-0.39, 0.29) is 11.1 Å². The Bertz CT molecular complexity index is 786. The Balaban J connectivity index is 2.62. The van der Waals surface area contributed by atoms with E-state index in [4.69, 9.17) is 4.74 Å². The van der Waals surface area contributed by atoms with Crippen LogP contribution in [0.5, 0.6) is 0 Å². The molecule has 0 saturated heterocycles. The molecule has 146 valence electrons. The number of methoxy groups -OCH3 is 1. The maximum Gasteiger partial charge on any atom is 0.422 e. The SMILES string of the molecule is COC(C(=O)OCC(F)(F)F)(c1ccccc1)c1cccc(C(F)(F)F)c1. The molecule has 3 nitrogen and oxygen atoms in total. The van der Waals surface area contributed by atoms with Crippen molar-refractivity contribution in [3.05, 3.63) is 71.3 Å². The second kappa shape index (κ2) is 7.59. The van der Waals surface area contributed by atoms with E-state index in [0.29, 0.717) is 6.07 Å². The standard InChI is InChI=1S/C18H14F6O3/c1-26-17(12-6-3-2-4-7-12,15(25)27-11-16(19,20)21)13-8-5-9-14(10-13)18(22,23)24/h2-10H,11H2,1H3. The van der Waals surface area contributed by atoms with Gasteiger partial charge in [-0.25, -0.2) is 4.79 Å². The Morgan fingerprint density at radius 2 is 1.41 bits per heavy atom. The van der Waals surface area contributed by atoms with Gasteiger partial charge in [-0.05, 0) is 17.7 Å². The number of rotatable bonds is 5. The normalized spacial score (nSPS) is 14.5. The lowest BCUT2D eigenvalue weighted by Gasteiger charge is -2.31. The van der Waals surface area contributed by atoms with E-state index in [9.17, 15) is 31.1 Å². The van der Waals surface area contributed by atoms with Crippen molar-refractivity contribution in [1.29, 1.82) is 0 Å². The van der Waals surface area contributed by atoms with E-state index in [1.807, 2.05) is 0 Å². The first-order valence-electron chi connectivity index (χ1n) is 7.53. The summed E-state index contributed by atoms with van der Waals surface area (Å²) in [6.07, 6.45) is -9.53. The zero-order valence-electron chi connectivity index (χ0n) is 13.9. The fourth-order valence-corrected chi connectivity index (χ4v) is 2.56. The average molecular weight is 392 g/mol. The Morgan fingerprint density at radius 3 is 1.93 bits per heavy atom. The molecule has 0 fully saturated rings. The molecular weight excluding hydrogens is 378 g/mol. The zero-order valence-corrected chi connectivity index (χ0v) is 13.9. The summed E-state index contributed by atoms with van der Waals surface area (Å²) in [7, 11) is 1.00. The van der Waals surface area contributed by atoms with Crippen LogP contribution >= 0.6 is 0 Å². The fraction of sp³-hybridized carbons (Fsp3) is 0.278. The van der Waals surface area contributed by atoms with E-state index in [1.165, 1.54) is 24.3 Å². The number of hydrogen-bond acceptors (Lipinski definition) is 3. The van der Waals surface area contributed by atoms with Gasteiger partial charge in [0, 0.05) is 12.7 Å². The van der Waals surface area contributed by atoms with Gasteiger partial charge in [0.25, 0.3) is 0 Å². The quantitative estimate of drug-likeness (QED) is 0.547. The Morgan fingerprint density at radius 1 is 0.852 bits per heavy atom. The van der Waals surface area contributed by atoms with Crippen molar-refractivity contribution in [2.75, 3.05) is 13.7 Å². The van der Waals surface area contributed by atoms with Crippen molar-refractivity contribution in [2.24, 2.45) is 0 Å². The number of esters is 1. The van der Waals surface area contributed by atoms with Crippen LogP contribution in [0.2, 0.25) is 0 Å². The van der Waals surface area contributed by atoms with Crippen LogP contribution in [0.15, 0.2) is 54.6 Å². The Kier molecular flexibility index (Phi) is 5.84. The van der Waals surface area contributed by atoms with Crippen LogP contribution < -0.4 is 0 Å². The first kappa shape index (κ1) is 20.8. The highest BCUT2D eigenvalue weighted by molar-refractivity contribution is 5.86. The molecule has 0 radical (unpaired) electrons. The number of benzene rings is 2. The molecule has 1 unspecified atom stereocenters. The van der Waals surface area contributed by atoms with Gasteiger partial charge in [-0.2, -0.15) is 26.3 Å². The summed E-state index contributed by atoms with van der Waals surface area (Å²) in [6, 6.07) is 10.8. The number of carbonyl (C=O) groups is 1. The highest BCUT2D eigenvalue weighted by Crippen LogP contribution is 2.38. The first-order valence-corrected chi connectivity index (χ1v) is 7.53. The number of hydrogen-bond donors (Lipinski definition) is 0. The molecule has 0 heterocycles. The Labute approximate surface area is 150 Å². The molecule has 0 aromatic heterocycles. The molecular formula is C18H14F6O3. The van der Waals surface area contributed by atoms with Gasteiger partial charge in [0.2, 0.25) is 5.60 Å². The second-order valence-electron chi connectivity index (χ2n) is 5.52. The zero-order chi connectivity index (χ0) is 20.3. The molecule has 0 spiro atoms. The minimum atomic E-state index is -4.81. The molecule has 0 aliphatic rings. The van der Waals surface area contributed by atoms with Gasteiger partial charge in [-0.3, -0.25) is 0 Å². The number of carbonyl (C=O) groups excluding carboxylic acids is 1. The van der Waals surface area contributed by atoms with Crippen molar-refractivity contribution in [3.8, 4) is 0 Å². The van der Waals surface area contributed by atoms with E-state index in [0.717, 1.165) is 25.3 Å². The molecule has 1 atom stereocenters. The van der Waals surface area contributed by atoms with E-state index in [2.05, 4.69) is 4.74 Å². The number of halogens is 6. The molecule has 2 aromatic rings. The molecule has 2 rings (SSSR count). The van der Waals surface area contributed by atoms with Gasteiger partial charge < -0.3 is 9.47 Å². The first-order chi connectivity index (χ1) is 12.5. The van der Waals surface area contributed by atoms with E-state index < -0.39 is 36.1 Å². The van der Waals surface area contributed by atoms with Crippen LogP contribution in [0.4, 0.5) is 26.3 Å². The van der Waals surface area contributed by atoms with Crippen LogP contribution in [-0.2, 0) is 26.0 Å². The largest absolute Gasteiger partial charge is 0.453 e. The average Bonchev–Trinajstić information content (AvgIpc) is 2.61. The van der Waals surface area contributed by atoms with Gasteiger partial charge in [0.05, 0.1) is 5.56 Å². The minimum absolute atomic E-state index is 0.0269. The monoisotopic (exact) mass is 392 g/mol. The van der Waals surface area contributed by atoms with Crippen molar-refractivity contribution in [2.45, 2.75) is 18.0 Å². The summed E-state index contributed by atoms with van der Waals surface area (Å²) in [4.78, 5) is 12.6. The summed E-state index contributed by atoms with van der Waals surface area (Å²) < 4.78 is 86.1. The number of alkyl halides is 6. The summed E-state index contributed by atoms with van der Waals surface area (Å²) in [5, 5.41) is 0. The molecule has 0 aliphatic heterocycles. The molecule has 0 bridgehead atoms. The van der Waals surface area contributed by atoms with E-state index in [1.54, 1.807) is 6.07 Å². The molecule has 2 aromatic carbocycles. The third kappa shape index (κ3) is 4.60. The van der Waals surface area contributed by atoms with Crippen LogP contribution in [0, 0.1) is 0 Å².